The standard InChI is InChI=1S/C30H44ClN3O/c1-5-8-15-30(16-9-6-2,17-10-7-3)22-32-18-19-33-29-25-13-11-23(31)20-28(25)34-27-14-12-24(35-4)21-26(27)29/h11-14,20-21,32H,5-10,15-19,22H2,1-4H3,(H,33,34). The molecule has 5 heteroatoms. The Bertz CT molecular complexity index is 1050. The van der Waals surface area contributed by atoms with Gasteiger partial charge in [-0.25, -0.2) is 4.98 Å². The summed E-state index contributed by atoms with van der Waals surface area (Å²) in [6.45, 7) is 9.82. The number of aromatic nitrogens is 1. The van der Waals surface area contributed by atoms with Gasteiger partial charge in [-0.3, -0.25) is 0 Å². The van der Waals surface area contributed by atoms with Crippen LogP contribution in [0.1, 0.15) is 78.6 Å². The molecule has 0 saturated heterocycles. The van der Waals surface area contributed by atoms with E-state index < -0.39 is 0 Å². The van der Waals surface area contributed by atoms with Gasteiger partial charge < -0.3 is 15.4 Å². The lowest BCUT2D eigenvalue weighted by molar-refractivity contribution is 0.193. The number of ether oxygens (including phenoxy) is 1. The Hall–Kier alpha value is -2.04. The molecule has 1 heterocycles. The van der Waals surface area contributed by atoms with Crippen LogP contribution in [0.2, 0.25) is 5.02 Å². The third-order valence-corrected chi connectivity index (χ3v) is 7.46. The van der Waals surface area contributed by atoms with Crippen LogP contribution < -0.4 is 15.4 Å². The van der Waals surface area contributed by atoms with Crippen LogP contribution in [-0.4, -0.2) is 31.7 Å². The first-order valence-corrected chi connectivity index (χ1v) is 13.9. The van der Waals surface area contributed by atoms with Gasteiger partial charge in [-0.05, 0) is 61.1 Å². The Morgan fingerprint density at radius 2 is 1.51 bits per heavy atom. The van der Waals surface area contributed by atoms with Crippen molar-refractivity contribution < 1.29 is 4.74 Å². The van der Waals surface area contributed by atoms with Crippen molar-refractivity contribution in [3.63, 3.8) is 0 Å². The van der Waals surface area contributed by atoms with E-state index in [1.165, 1.54) is 57.8 Å². The van der Waals surface area contributed by atoms with Crippen molar-refractivity contribution in [3.8, 4) is 5.75 Å². The van der Waals surface area contributed by atoms with Crippen molar-refractivity contribution in [2.75, 3.05) is 32.1 Å². The number of pyridine rings is 1. The van der Waals surface area contributed by atoms with Gasteiger partial charge in [0.1, 0.15) is 5.75 Å². The molecule has 0 bridgehead atoms. The molecule has 2 aromatic carbocycles. The van der Waals surface area contributed by atoms with Crippen LogP contribution in [0.4, 0.5) is 5.69 Å². The summed E-state index contributed by atoms with van der Waals surface area (Å²) in [7, 11) is 1.70. The van der Waals surface area contributed by atoms with Crippen LogP contribution in [-0.2, 0) is 0 Å². The molecule has 0 fully saturated rings. The largest absolute Gasteiger partial charge is 0.497 e. The first-order valence-electron chi connectivity index (χ1n) is 13.6. The molecule has 0 amide bonds. The SMILES string of the molecule is CCCCC(CCCC)(CCCC)CNCCNc1c2ccc(Cl)cc2nc2ccc(OC)cc12. The van der Waals surface area contributed by atoms with Crippen LogP contribution >= 0.6 is 11.6 Å². The van der Waals surface area contributed by atoms with Gasteiger partial charge in [0.15, 0.2) is 0 Å². The number of anilines is 1. The molecule has 35 heavy (non-hydrogen) atoms. The average Bonchev–Trinajstić information content (AvgIpc) is 2.88. The summed E-state index contributed by atoms with van der Waals surface area (Å²) >= 11 is 6.28. The summed E-state index contributed by atoms with van der Waals surface area (Å²) < 4.78 is 5.50. The minimum Gasteiger partial charge on any atom is -0.497 e. The summed E-state index contributed by atoms with van der Waals surface area (Å²) in [5.74, 6) is 0.835. The highest BCUT2D eigenvalue weighted by Crippen LogP contribution is 2.36. The zero-order valence-corrected chi connectivity index (χ0v) is 22.9. The third kappa shape index (κ3) is 7.47. The summed E-state index contributed by atoms with van der Waals surface area (Å²) in [5.41, 5.74) is 3.37. The van der Waals surface area contributed by atoms with E-state index in [0.717, 1.165) is 52.9 Å². The van der Waals surface area contributed by atoms with E-state index in [0.29, 0.717) is 10.4 Å². The number of methoxy groups -OCH3 is 1. The van der Waals surface area contributed by atoms with Crippen molar-refractivity contribution in [1.29, 1.82) is 0 Å². The van der Waals surface area contributed by atoms with Crippen molar-refractivity contribution in [2.45, 2.75) is 78.6 Å². The van der Waals surface area contributed by atoms with E-state index in [2.05, 4.69) is 43.5 Å². The highest BCUT2D eigenvalue weighted by molar-refractivity contribution is 6.31. The van der Waals surface area contributed by atoms with Crippen LogP contribution in [0.15, 0.2) is 36.4 Å². The fourth-order valence-corrected chi connectivity index (χ4v) is 5.31. The maximum absolute atomic E-state index is 6.28. The molecule has 2 N–H and O–H groups in total. The highest BCUT2D eigenvalue weighted by atomic mass is 35.5. The van der Waals surface area contributed by atoms with Gasteiger partial charge in [0.2, 0.25) is 0 Å². The quantitative estimate of drug-likeness (QED) is 0.153. The summed E-state index contributed by atoms with van der Waals surface area (Å²) in [4.78, 5) is 4.84. The van der Waals surface area contributed by atoms with Crippen molar-refractivity contribution in [2.24, 2.45) is 5.41 Å². The van der Waals surface area contributed by atoms with Crippen LogP contribution in [0.25, 0.3) is 21.8 Å². The second-order valence-corrected chi connectivity index (χ2v) is 10.4. The molecule has 1 aromatic heterocycles. The lowest BCUT2D eigenvalue weighted by Crippen LogP contribution is -2.36. The van der Waals surface area contributed by atoms with Gasteiger partial charge in [0, 0.05) is 35.4 Å². The number of nitrogens with one attached hydrogen (secondary N) is 2. The number of unbranched alkanes of at least 4 members (excludes halogenated alkanes) is 3. The van der Waals surface area contributed by atoms with Crippen LogP contribution in [0.3, 0.4) is 0 Å². The maximum Gasteiger partial charge on any atom is 0.119 e. The lowest BCUT2D eigenvalue weighted by atomic mass is 9.74. The van der Waals surface area contributed by atoms with Gasteiger partial charge >= 0.3 is 0 Å². The van der Waals surface area contributed by atoms with Gasteiger partial charge in [-0.2, -0.15) is 0 Å². The Kier molecular flexibility index (Phi) is 10.9. The molecule has 3 aromatic rings. The van der Waals surface area contributed by atoms with E-state index in [-0.39, 0.29) is 0 Å². The Morgan fingerprint density at radius 3 is 2.14 bits per heavy atom. The van der Waals surface area contributed by atoms with Gasteiger partial charge in [-0.15, -0.1) is 0 Å². The summed E-state index contributed by atoms with van der Waals surface area (Å²) in [6.07, 6.45) is 11.8. The predicted octanol–water partition coefficient (Wildman–Crippen LogP) is 8.61. The second kappa shape index (κ2) is 13.9. The first-order chi connectivity index (χ1) is 17.1. The van der Waals surface area contributed by atoms with E-state index in [9.17, 15) is 0 Å². The molecule has 192 valence electrons. The average molecular weight is 498 g/mol. The molecule has 0 spiro atoms. The number of rotatable bonds is 16. The number of fused-ring (bicyclic) bond motifs is 2. The Labute approximate surface area is 217 Å². The van der Waals surface area contributed by atoms with Crippen LogP contribution in [0, 0.1) is 5.41 Å². The second-order valence-electron chi connectivity index (χ2n) is 9.95. The smallest absolute Gasteiger partial charge is 0.119 e. The van der Waals surface area contributed by atoms with Gasteiger partial charge in [0.25, 0.3) is 0 Å². The summed E-state index contributed by atoms with van der Waals surface area (Å²) in [6, 6.07) is 12.0. The van der Waals surface area contributed by atoms with E-state index in [4.69, 9.17) is 21.3 Å². The fraction of sp³-hybridized carbons (Fsp3) is 0.567. The number of halogens is 1. The van der Waals surface area contributed by atoms with Gasteiger partial charge in [-0.1, -0.05) is 70.9 Å². The normalized spacial score (nSPS) is 11.9. The molecular weight excluding hydrogens is 454 g/mol. The molecule has 4 nitrogen and oxygen atoms in total. The molecule has 0 atom stereocenters. The monoisotopic (exact) mass is 497 g/mol. The summed E-state index contributed by atoms with van der Waals surface area (Å²) in [5, 5.41) is 10.4. The Balaban J connectivity index is 1.74. The fourth-order valence-electron chi connectivity index (χ4n) is 5.14. The molecule has 0 saturated carbocycles. The molecule has 3 rings (SSSR count). The van der Waals surface area contributed by atoms with Crippen LogP contribution in [0.5, 0.6) is 5.75 Å². The minimum absolute atomic E-state index is 0.433. The lowest BCUT2D eigenvalue weighted by Gasteiger charge is -2.35. The molecular formula is C30H44ClN3O. The number of benzene rings is 2. The topological polar surface area (TPSA) is 46.2 Å². The van der Waals surface area contributed by atoms with E-state index in [1.807, 2.05) is 24.3 Å². The van der Waals surface area contributed by atoms with Crippen molar-refractivity contribution in [1.82, 2.24) is 10.3 Å². The first kappa shape index (κ1) is 27.5. The molecule has 0 unspecified atom stereocenters. The number of nitrogens with zero attached hydrogens (tertiary/aromatic N) is 1. The van der Waals surface area contributed by atoms with Gasteiger partial charge in [0.05, 0.1) is 23.8 Å². The minimum atomic E-state index is 0.433. The Morgan fingerprint density at radius 1 is 0.829 bits per heavy atom. The zero-order valence-electron chi connectivity index (χ0n) is 22.2. The molecule has 0 aliphatic heterocycles. The molecule has 0 aliphatic rings. The number of hydrogen-bond acceptors (Lipinski definition) is 4. The molecule has 0 radical (unpaired) electrons. The highest BCUT2D eigenvalue weighted by Gasteiger charge is 2.27. The number of hydrogen-bond donors (Lipinski definition) is 2. The third-order valence-electron chi connectivity index (χ3n) is 7.23. The van der Waals surface area contributed by atoms with Crippen molar-refractivity contribution >= 4 is 39.1 Å². The maximum atomic E-state index is 6.28. The molecule has 0 aliphatic carbocycles. The predicted molar refractivity (Wildman–Crippen MR) is 153 cm³/mol. The zero-order chi connectivity index (χ0) is 25.1. The van der Waals surface area contributed by atoms with Crippen molar-refractivity contribution in [3.05, 3.63) is 41.4 Å². The van der Waals surface area contributed by atoms with E-state index in [1.54, 1.807) is 7.11 Å². The van der Waals surface area contributed by atoms with E-state index >= 15 is 0 Å².